The highest BCUT2D eigenvalue weighted by Gasteiger charge is 1.97. The molecule has 0 saturated carbocycles. The number of hydrogen-bond acceptors (Lipinski definition) is 2. The maximum absolute atomic E-state index is 11.8. The van der Waals surface area contributed by atoms with Gasteiger partial charge in [-0.1, -0.05) is 42.5 Å². The molecule has 0 aliphatic rings. The molecule has 0 aromatic heterocycles. The van der Waals surface area contributed by atoms with Crippen LogP contribution in [0.15, 0.2) is 60.7 Å². The van der Waals surface area contributed by atoms with Crippen molar-refractivity contribution in [2.75, 3.05) is 11.9 Å². The second-order valence-electron chi connectivity index (χ2n) is 5.52. The first-order valence-electron chi connectivity index (χ1n) is 8.01. The quantitative estimate of drug-likeness (QED) is 0.606. The van der Waals surface area contributed by atoms with Crippen molar-refractivity contribution in [3.8, 4) is 0 Å². The maximum atomic E-state index is 11.8. The molecule has 0 heterocycles. The van der Waals surface area contributed by atoms with E-state index in [0.29, 0.717) is 6.54 Å². The van der Waals surface area contributed by atoms with Gasteiger partial charge < -0.3 is 10.6 Å². The Bertz CT molecular complexity index is 691. The molecule has 2 N–H and O–H groups in total. The zero-order chi connectivity index (χ0) is 17.2. The number of carbonyl (C=O) groups excluding carboxylic acids is 2. The molecule has 0 aliphatic heterocycles. The summed E-state index contributed by atoms with van der Waals surface area (Å²) in [5.41, 5.74) is 2.93. The van der Waals surface area contributed by atoms with E-state index in [4.69, 9.17) is 0 Å². The third-order valence-electron chi connectivity index (χ3n) is 3.44. The number of anilines is 1. The molecule has 0 saturated heterocycles. The van der Waals surface area contributed by atoms with Crippen molar-refractivity contribution in [3.63, 3.8) is 0 Å². The normalized spacial score (nSPS) is 10.5. The van der Waals surface area contributed by atoms with Crippen LogP contribution >= 0.6 is 0 Å². The molecule has 2 rings (SSSR count). The summed E-state index contributed by atoms with van der Waals surface area (Å²) < 4.78 is 0. The first kappa shape index (κ1) is 17.5. The van der Waals surface area contributed by atoms with Crippen LogP contribution in [0.5, 0.6) is 0 Å². The largest absolute Gasteiger partial charge is 0.353 e. The second kappa shape index (κ2) is 9.30. The van der Waals surface area contributed by atoms with Crippen LogP contribution in [-0.2, 0) is 16.0 Å². The Morgan fingerprint density at radius 3 is 2.38 bits per heavy atom. The topological polar surface area (TPSA) is 58.2 Å². The lowest BCUT2D eigenvalue weighted by Crippen LogP contribution is -2.22. The van der Waals surface area contributed by atoms with Crippen molar-refractivity contribution < 1.29 is 9.59 Å². The molecule has 0 radical (unpaired) electrons. The fourth-order valence-corrected chi connectivity index (χ4v) is 2.26. The van der Waals surface area contributed by atoms with Gasteiger partial charge in [-0.15, -0.1) is 0 Å². The van der Waals surface area contributed by atoms with Crippen LogP contribution in [0, 0.1) is 0 Å². The Morgan fingerprint density at radius 2 is 1.71 bits per heavy atom. The highest BCUT2D eigenvalue weighted by molar-refractivity contribution is 5.92. The van der Waals surface area contributed by atoms with Crippen LogP contribution in [0.4, 0.5) is 5.69 Å². The van der Waals surface area contributed by atoms with Gasteiger partial charge >= 0.3 is 0 Å². The van der Waals surface area contributed by atoms with Gasteiger partial charge in [0, 0.05) is 25.2 Å². The molecule has 0 unspecified atom stereocenters. The zero-order valence-corrected chi connectivity index (χ0v) is 13.8. The van der Waals surface area contributed by atoms with Gasteiger partial charge in [0.15, 0.2) is 0 Å². The maximum Gasteiger partial charge on any atom is 0.243 e. The zero-order valence-electron chi connectivity index (χ0n) is 13.8. The fraction of sp³-hybridized carbons (Fsp3) is 0.200. The highest BCUT2D eigenvalue weighted by Crippen LogP contribution is 2.10. The van der Waals surface area contributed by atoms with Gasteiger partial charge in [0.1, 0.15) is 0 Å². The van der Waals surface area contributed by atoms with Crippen LogP contribution in [0.3, 0.4) is 0 Å². The molecule has 0 spiro atoms. The fourth-order valence-electron chi connectivity index (χ4n) is 2.26. The lowest BCUT2D eigenvalue weighted by molar-refractivity contribution is -0.116. The van der Waals surface area contributed by atoms with Gasteiger partial charge in [-0.2, -0.15) is 0 Å². The number of aryl methyl sites for hydroxylation is 1. The smallest absolute Gasteiger partial charge is 0.243 e. The van der Waals surface area contributed by atoms with E-state index in [2.05, 4.69) is 22.8 Å². The van der Waals surface area contributed by atoms with Gasteiger partial charge in [0.2, 0.25) is 11.8 Å². The molecule has 4 heteroatoms. The standard InChI is InChI=1S/C20H22N2O2/c1-16(23)22-19-12-9-18(10-13-19)11-14-20(24)21-15-5-8-17-6-3-2-4-7-17/h2-4,6-7,9-14H,5,8,15H2,1H3,(H,21,24)(H,22,23)/b14-11+. The van der Waals surface area contributed by atoms with Crippen LogP contribution < -0.4 is 10.6 Å². The Morgan fingerprint density at radius 1 is 1.00 bits per heavy atom. The lowest BCUT2D eigenvalue weighted by Gasteiger charge is -2.03. The summed E-state index contributed by atoms with van der Waals surface area (Å²) in [7, 11) is 0. The number of nitrogens with one attached hydrogen (secondary N) is 2. The van der Waals surface area contributed by atoms with E-state index >= 15 is 0 Å². The summed E-state index contributed by atoms with van der Waals surface area (Å²) in [4.78, 5) is 22.7. The molecule has 2 aromatic rings. The minimum absolute atomic E-state index is 0.103. The number of carbonyl (C=O) groups is 2. The Hall–Kier alpha value is -2.88. The summed E-state index contributed by atoms with van der Waals surface area (Å²) in [5.74, 6) is -0.206. The van der Waals surface area contributed by atoms with Crippen molar-refractivity contribution in [3.05, 3.63) is 71.8 Å². The molecule has 24 heavy (non-hydrogen) atoms. The van der Waals surface area contributed by atoms with Crippen molar-refractivity contribution in [2.24, 2.45) is 0 Å². The summed E-state index contributed by atoms with van der Waals surface area (Å²) in [6, 6.07) is 17.5. The van der Waals surface area contributed by atoms with Gasteiger partial charge in [0.25, 0.3) is 0 Å². The molecule has 0 bridgehead atoms. The van der Waals surface area contributed by atoms with Gasteiger partial charge in [0.05, 0.1) is 0 Å². The number of rotatable bonds is 7. The van der Waals surface area contributed by atoms with Crippen molar-refractivity contribution in [1.29, 1.82) is 0 Å². The number of amides is 2. The summed E-state index contributed by atoms with van der Waals surface area (Å²) in [6.07, 6.45) is 5.14. The van der Waals surface area contributed by atoms with Gasteiger partial charge in [-0.25, -0.2) is 0 Å². The van der Waals surface area contributed by atoms with E-state index in [1.807, 2.05) is 30.3 Å². The summed E-state index contributed by atoms with van der Waals surface area (Å²) >= 11 is 0. The monoisotopic (exact) mass is 322 g/mol. The van der Waals surface area contributed by atoms with E-state index in [-0.39, 0.29) is 11.8 Å². The molecule has 0 fully saturated rings. The molecule has 0 aliphatic carbocycles. The average Bonchev–Trinajstić information content (AvgIpc) is 2.58. The first-order chi connectivity index (χ1) is 11.6. The minimum Gasteiger partial charge on any atom is -0.353 e. The van der Waals surface area contributed by atoms with E-state index in [1.54, 1.807) is 18.2 Å². The molecule has 4 nitrogen and oxygen atoms in total. The van der Waals surface area contributed by atoms with Gasteiger partial charge in [-0.05, 0) is 42.2 Å². The number of benzene rings is 2. The Balaban J connectivity index is 1.71. The average molecular weight is 322 g/mol. The van der Waals surface area contributed by atoms with Crippen LogP contribution in [0.1, 0.15) is 24.5 Å². The minimum atomic E-state index is -0.104. The Kier molecular flexibility index (Phi) is 6.77. The lowest BCUT2D eigenvalue weighted by atomic mass is 10.1. The summed E-state index contributed by atoms with van der Waals surface area (Å²) in [6.45, 7) is 2.12. The van der Waals surface area contributed by atoms with Crippen molar-refractivity contribution in [1.82, 2.24) is 5.32 Å². The predicted octanol–water partition coefficient (Wildman–Crippen LogP) is 3.41. The molecule has 124 valence electrons. The third kappa shape index (κ3) is 6.48. The van der Waals surface area contributed by atoms with Crippen molar-refractivity contribution >= 4 is 23.6 Å². The summed E-state index contributed by atoms with van der Waals surface area (Å²) in [5, 5.41) is 5.58. The van der Waals surface area contributed by atoms with E-state index in [9.17, 15) is 9.59 Å². The molecule has 0 atom stereocenters. The number of hydrogen-bond donors (Lipinski definition) is 2. The predicted molar refractivity (Wildman–Crippen MR) is 97.6 cm³/mol. The third-order valence-corrected chi connectivity index (χ3v) is 3.44. The molecule has 2 amide bonds. The van der Waals surface area contributed by atoms with E-state index in [1.165, 1.54) is 18.6 Å². The molecular weight excluding hydrogens is 300 g/mol. The SMILES string of the molecule is CC(=O)Nc1ccc(/C=C/C(=O)NCCCc2ccccc2)cc1. The molecule has 2 aromatic carbocycles. The van der Waals surface area contributed by atoms with Crippen LogP contribution in [-0.4, -0.2) is 18.4 Å². The highest BCUT2D eigenvalue weighted by atomic mass is 16.2. The van der Waals surface area contributed by atoms with E-state index < -0.39 is 0 Å². The van der Waals surface area contributed by atoms with Crippen molar-refractivity contribution in [2.45, 2.75) is 19.8 Å². The van der Waals surface area contributed by atoms with Crippen LogP contribution in [0.25, 0.3) is 6.08 Å². The first-order valence-corrected chi connectivity index (χ1v) is 8.01. The Labute approximate surface area is 142 Å². The van der Waals surface area contributed by atoms with E-state index in [0.717, 1.165) is 24.1 Å². The van der Waals surface area contributed by atoms with Crippen LogP contribution in [0.2, 0.25) is 0 Å². The molecular formula is C20H22N2O2. The second-order valence-corrected chi connectivity index (χ2v) is 5.52. The van der Waals surface area contributed by atoms with Gasteiger partial charge in [-0.3, -0.25) is 9.59 Å².